The van der Waals surface area contributed by atoms with Gasteiger partial charge in [-0.15, -0.1) is 0 Å². The number of aryl methyl sites for hydroxylation is 2. The molecule has 1 heteroatoms. The van der Waals surface area contributed by atoms with Crippen LogP contribution in [0.3, 0.4) is 0 Å². The molecule has 2 rings (SSSR count). The molecule has 0 unspecified atom stereocenters. The lowest BCUT2D eigenvalue weighted by Gasteiger charge is -2.11. The predicted molar refractivity (Wildman–Crippen MR) is 97.1 cm³/mol. The number of nitrogens with zero attached hydrogens (tertiary/aromatic N) is 1. The molecule has 0 saturated carbocycles. The minimum Gasteiger partial charge on any atom is -0.309 e. The summed E-state index contributed by atoms with van der Waals surface area (Å²) in [6, 6.07) is 19.5. The SMILES string of the molecule is C/C(=C\CCN(C)C)c1ccccc1CCc1ccccc1. The van der Waals surface area contributed by atoms with E-state index in [9.17, 15) is 0 Å². The van der Waals surface area contributed by atoms with Crippen LogP contribution in [0.2, 0.25) is 0 Å². The van der Waals surface area contributed by atoms with Crippen LogP contribution in [0.5, 0.6) is 0 Å². The van der Waals surface area contributed by atoms with Crippen molar-refractivity contribution in [1.82, 2.24) is 4.90 Å². The fourth-order valence-electron chi connectivity index (χ4n) is 2.70. The second-order valence-electron chi connectivity index (χ2n) is 6.12. The average Bonchev–Trinajstić information content (AvgIpc) is 2.54. The smallest absolute Gasteiger partial charge is 0.00100 e. The molecule has 22 heavy (non-hydrogen) atoms. The van der Waals surface area contributed by atoms with Crippen LogP contribution in [-0.2, 0) is 12.8 Å². The molecule has 0 fully saturated rings. The highest BCUT2D eigenvalue weighted by Crippen LogP contribution is 2.21. The molecule has 1 nitrogen and oxygen atoms in total. The van der Waals surface area contributed by atoms with Crippen molar-refractivity contribution in [3.05, 3.63) is 77.4 Å². The number of benzene rings is 2. The van der Waals surface area contributed by atoms with Crippen LogP contribution in [0.4, 0.5) is 0 Å². The lowest BCUT2D eigenvalue weighted by molar-refractivity contribution is 0.417. The largest absolute Gasteiger partial charge is 0.309 e. The number of allylic oxidation sites excluding steroid dienone is 1. The van der Waals surface area contributed by atoms with Crippen LogP contribution < -0.4 is 0 Å². The van der Waals surface area contributed by atoms with Crippen molar-refractivity contribution in [2.24, 2.45) is 0 Å². The van der Waals surface area contributed by atoms with Gasteiger partial charge in [0, 0.05) is 6.54 Å². The molecule has 0 heterocycles. The van der Waals surface area contributed by atoms with E-state index in [2.05, 4.69) is 86.6 Å². The Morgan fingerprint density at radius 2 is 1.59 bits per heavy atom. The molecule has 2 aromatic carbocycles. The van der Waals surface area contributed by atoms with Gasteiger partial charge >= 0.3 is 0 Å². The molecular weight excluding hydrogens is 266 g/mol. The van der Waals surface area contributed by atoms with Gasteiger partial charge in [-0.2, -0.15) is 0 Å². The van der Waals surface area contributed by atoms with Crippen LogP contribution in [0.1, 0.15) is 30.0 Å². The fraction of sp³-hybridized carbons (Fsp3) is 0.333. The summed E-state index contributed by atoms with van der Waals surface area (Å²) in [4.78, 5) is 2.23. The summed E-state index contributed by atoms with van der Waals surface area (Å²) in [6.07, 6.45) is 5.66. The second kappa shape index (κ2) is 8.55. The number of hydrogen-bond donors (Lipinski definition) is 0. The van der Waals surface area contributed by atoms with E-state index in [1.165, 1.54) is 22.3 Å². The Labute approximate surface area is 135 Å². The molecule has 116 valence electrons. The molecule has 0 aliphatic carbocycles. The Morgan fingerprint density at radius 1 is 0.909 bits per heavy atom. The topological polar surface area (TPSA) is 3.24 Å². The molecule has 0 aliphatic heterocycles. The highest BCUT2D eigenvalue weighted by molar-refractivity contribution is 5.66. The lowest BCUT2D eigenvalue weighted by atomic mass is 9.95. The van der Waals surface area contributed by atoms with E-state index in [1.807, 2.05) is 0 Å². The predicted octanol–water partition coefficient (Wildman–Crippen LogP) is 4.83. The summed E-state index contributed by atoms with van der Waals surface area (Å²) in [5.41, 5.74) is 5.65. The third-order valence-electron chi connectivity index (χ3n) is 3.99. The molecule has 0 saturated heterocycles. The van der Waals surface area contributed by atoms with E-state index >= 15 is 0 Å². The van der Waals surface area contributed by atoms with Gasteiger partial charge in [0.1, 0.15) is 0 Å². The van der Waals surface area contributed by atoms with Crippen molar-refractivity contribution in [3.8, 4) is 0 Å². The van der Waals surface area contributed by atoms with Gasteiger partial charge in [0.25, 0.3) is 0 Å². The van der Waals surface area contributed by atoms with Crippen molar-refractivity contribution in [3.63, 3.8) is 0 Å². The van der Waals surface area contributed by atoms with Crippen molar-refractivity contribution >= 4 is 5.57 Å². The molecule has 0 N–H and O–H groups in total. The van der Waals surface area contributed by atoms with E-state index in [1.54, 1.807) is 0 Å². The highest BCUT2D eigenvalue weighted by Gasteiger charge is 2.04. The van der Waals surface area contributed by atoms with Crippen LogP contribution in [0.25, 0.3) is 5.57 Å². The zero-order chi connectivity index (χ0) is 15.8. The third-order valence-corrected chi connectivity index (χ3v) is 3.99. The Bertz CT molecular complexity index is 596. The molecule has 0 radical (unpaired) electrons. The highest BCUT2D eigenvalue weighted by atomic mass is 15.0. The third kappa shape index (κ3) is 5.16. The van der Waals surface area contributed by atoms with Crippen LogP contribution in [0, 0.1) is 0 Å². The minimum atomic E-state index is 1.10. The van der Waals surface area contributed by atoms with Gasteiger partial charge in [0.2, 0.25) is 0 Å². The number of rotatable bonds is 7. The first-order valence-corrected chi connectivity index (χ1v) is 8.10. The molecule has 0 bridgehead atoms. The van der Waals surface area contributed by atoms with Crippen molar-refractivity contribution in [2.75, 3.05) is 20.6 Å². The van der Waals surface area contributed by atoms with Crippen molar-refractivity contribution < 1.29 is 0 Å². The van der Waals surface area contributed by atoms with E-state index in [0.717, 1.165) is 25.8 Å². The van der Waals surface area contributed by atoms with Crippen LogP contribution in [0.15, 0.2) is 60.7 Å². The fourth-order valence-corrected chi connectivity index (χ4v) is 2.70. The molecule has 0 atom stereocenters. The van der Waals surface area contributed by atoms with Gasteiger partial charge < -0.3 is 4.90 Å². The van der Waals surface area contributed by atoms with E-state index in [4.69, 9.17) is 0 Å². The molecule has 0 amide bonds. The van der Waals surface area contributed by atoms with E-state index < -0.39 is 0 Å². The first-order valence-electron chi connectivity index (χ1n) is 8.10. The van der Waals surface area contributed by atoms with Gasteiger partial charge in [-0.05, 0) is 62.5 Å². The molecule has 0 spiro atoms. The molecule has 0 aromatic heterocycles. The van der Waals surface area contributed by atoms with Crippen molar-refractivity contribution in [1.29, 1.82) is 0 Å². The normalized spacial score (nSPS) is 11.9. The van der Waals surface area contributed by atoms with Gasteiger partial charge in [-0.3, -0.25) is 0 Å². The van der Waals surface area contributed by atoms with E-state index in [-0.39, 0.29) is 0 Å². The standard InChI is InChI=1S/C21H27N/c1-18(10-9-17-22(2)3)21-14-8-7-13-20(21)16-15-19-11-5-4-6-12-19/h4-8,10-14H,9,15-17H2,1-3H3/b18-10+. The van der Waals surface area contributed by atoms with Gasteiger partial charge in [-0.25, -0.2) is 0 Å². The molecule has 0 aliphatic rings. The quantitative estimate of drug-likeness (QED) is 0.707. The van der Waals surface area contributed by atoms with Crippen LogP contribution >= 0.6 is 0 Å². The monoisotopic (exact) mass is 293 g/mol. The Hall–Kier alpha value is -1.86. The summed E-state index contributed by atoms with van der Waals surface area (Å²) < 4.78 is 0. The molecule has 2 aromatic rings. The molecular formula is C21H27N. The summed E-state index contributed by atoms with van der Waals surface area (Å²) in [5.74, 6) is 0. The van der Waals surface area contributed by atoms with Gasteiger partial charge in [0.15, 0.2) is 0 Å². The minimum absolute atomic E-state index is 1.10. The zero-order valence-electron chi connectivity index (χ0n) is 14.0. The summed E-state index contributed by atoms with van der Waals surface area (Å²) in [7, 11) is 4.24. The summed E-state index contributed by atoms with van der Waals surface area (Å²) >= 11 is 0. The van der Waals surface area contributed by atoms with Crippen molar-refractivity contribution in [2.45, 2.75) is 26.2 Å². The average molecular weight is 293 g/mol. The second-order valence-corrected chi connectivity index (χ2v) is 6.12. The first-order chi connectivity index (χ1) is 10.7. The zero-order valence-corrected chi connectivity index (χ0v) is 14.0. The Kier molecular flexibility index (Phi) is 6.42. The Balaban J connectivity index is 2.06. The number of hydrogen-bond acceptors (Lipinski definition) is 1. The van der Waals surface area contributed by atoms with E-state index in [0.29, 0.717) is 0 Å². The Morgan fingerprint density at radius 3 is 2.32 bits per heavy atom. The van der Waals surface area contributed by atoms with Gasteiger partial charge in [0.05, 0.1) is 0 Å². The summed E-state index contributed by atoms with van der Waals surface area (Å²) in [6.45, 7) is 3.33. The summed E-state index contributed by atoms with van der Waals surface area (Å²) in [5, 5.41) is 0. The van der Waals surface area contributed by atoms with Gasteiger partial charge in [-0.1, -0.05) is 60.7 Å². The maximum atomic E-state index is 2.36. The lowest BCUT2D eigenvalue weighted by Crippen LogP contribution is -2.11. The maximum absolute atomic E-state index is 2.36. The maximum Gasteiger partial charge on any atom is 0.00100 e. The first kappa shape index (κ1) is 16.5. The van der Waals surface area contributed by atoms with Crippen LogP contribution in [-0.4, -0.2) is 25.5 Å².